The lowest BCUT2D eigenvalue weighted by Crippen LogP contribution is -2.23. The van der Waals surface area contributed by atoms with E-state index in [-0.39, 0.29) is 26.3 Å². The lowest BCUT2D eigenvalue weighted by molar-refractivity contribution is -0.0915. The Morgan fingerprint density at radius 3 is 1.93 bits per heavy atom. The summed E-state index contributed by atoms with van der Waals surface area (Å²) in [6.45, 7) is 6.07. The highest BCUT2D eigenvalue weighted by Gasteiger charge is 2.36. The topological polar surface area (TPSA) is 36.9 Å². The van der Waals surface area contributed by atoms with Crippen molar-refractivity contribution in [3.05, 3.63) is 0 Å². The Morgan fingerprint density at radius 1 is 0.655 bits per heavy atom. The van der Waals surface area contributed by atoms with Crippen molar-refractivity contribution in [1.29, 1.82) is 0 Å². The zero-order valence-corrected chi connectivity index (χ0v) is 22.6. The van der Waals surface area contributed by atoms with Gasteiger partial charge in [0.2, 0.25) is 0 Å². The average Bonchev–Trinajstić information content (AvgIpc) is 2.73. The molecule has 29 heavy (non-hydrogen) atoms. The van der Waals surface area contributed by atoms with Gasteiger partial charge in [-0.05, 0) is 25.7 Å². The van der Waals surface area contributed by atoms with E-state index in [0.29, 0.717) is 0 Å². The minimum Gasteiger partial charge on any atom is -0.349 e. The largest absolute Gasteiger partial charge is 0.924 e. The summed E-state index contributed by atoms with van der Waals surface area (Å²) in [6.07, 6.45) is 19.7. The van der Waals surface area contributed by atoms with Gasteiger partial charge in [-0.1, -0.05) is 100 Å². The number of alkyl halides is 1. The smallest absolute Gasteiger partial charge is 0.349 e. The van der Waals surface area contributed by atoms with Crippen LogP contribution in [-0.4, -0.2) is 44.8 Å². The molecule has 0 aromatic heterocycles. The van der Waals surface area contributed by atoms with Crippen LogP contribution in [0.5, 0.6) is 0 Å². The van der Waals surface area contributed by atoms with Crippen molar-refractivity contribution >= 4 is 35.9 Å². The van der Waals surface area contributed by atoms with Crippen LogP contribution in [0.3, 0.4) is 0 Å². The predicted octanol–water partition coefficient (Wildman–Crippen LogP) is 7.12. The van der Waals surface area contributed by atoms with Gasteiger partial charge in [0.05, 0.1) is 6.61 Å². The van der Waals surface area contributed by atoms with Gasteiger partial charge >= 0.3 is 20.0 Å². The van der Waals surface area contributed by atoms with E-state index >= 15 is 0 Å². The molecule has 0 aromatic carbocycles. The molecule has 0 saturated heterocycles. The Hall–Kier alpha value is 0.754. The molecule has 7 heteroatoms. The zero-order chi connectivity index (χ0) is 21.3. The van der Waals surface area contributed by atoms with E-state index in [2.05, 4.69) is 29.8 Å². The summed E-state index contributed by atoms with van der Waals surface area (Å²) < 4.78 is 22.9. The van der Waals surface area contributed by atoms with E-state index in [0.717, 1.165) is 44.2 Å². The van der Waals surface area contributed by atoms with Gasteiger partial charge in [0.15, 0.2) is 6.29 Å². The second kappa shape index (κ2) is 26.8. The highest BCUT2D eigenvalue weighted by atomic mass is 79.9. The van der Waals surface area contributed by atoms with Crippen molar-refractivity contribution < 1.29 is 17.7 Å². The van der Waals surface area contributed by atoms with Crippen LogP contribution in [-0.2, 0) is 17.7 Å². The fourth-order valence-corrected chi connectivity index (χ4v) is 4.46. The van der Waals surface area contributed by atoms with Crippen LogP contribution in [0.4, 0.5) is 0 Å². The number of halogens is 1. The Balaban J connectivity index is 3.69. The molecule has 0 spiro atoms. The van der Waals surface area contributed by atoms with Crippen molar-refractivity contribution in [1.82, 2.24) is 0 Å². The lowest BCUT2D eigenvalue weighted by Gasteiger charge is -2.12. The third kappa shape index (κ3) is 24.9. The fraction of sp³-hybridized carbons (Fsp3) is 1.00. The quantitative estimate of drug-likeness (QED) is 0.0568. The maximum absolute atomic E-state index is 5.98. The maximum Gasteiger partial charge on any atom is 0.924 e. The molecule has 170 valence electrons. The predicted molar refractivity (Wildman–Crippen MR) is 128 cm³/mol. The SMILES string of the molecule is CCCCCCCCO[Si+]O[Si+]OC(CCCCCCC)OCCCCCCBr. The second-order valence-electron chi connectivity index (χ2n) is 7.61. The first kappa shape index (κ1) is 29.8. The van der Waals surface area contributed by atoms with Gasteiger partial charge < -0.3 is 4.74 Å². The van der Waals surface area contributed by atoms with Gasteiger partial charge in [0, 0.05) is 22.5 Å². The van der Waals surface area contributed by atoms with Crippen LogP contribution >= 0.6 is 15.9 Å². The van der Waals surface area contributed by atoms with Gasteiger partial charge in [-0.3, -0.25) is 0 Å². The molecule has 0 heterocycles. The molecular weight excluding hydrogens is 464 g/mol. The van der Waals surface area contributed by atoms with E-state index in [1.54, 1.807) is 0 Å². The molecule has 2 radical (unpaired) electrons. The standard InChI is InChI=1S/C22H45BrO4Si2/c1-3-5-7-9-12-17-21-25-28-27-29-26-22(18-14-10-8-6-4-2)24-20-16-13-11-15-19-23/h22H,3-21H2,1-2H3/q+2. The van der Waals surface area contributed by atoms with Gasteiger partial charge in [0.1, 0.15) is 0 Å². The summed E-state index contributed by atoms with van der Waals surface area (Å²) in [7, 11) is 0.0809. The molecule has 1 unspecified atom stereocenters. The highest BCUT2D eigenvalue weighted by molar-refractivity contribution is 9.09. The van der Waals surface area contributed by atoms with Gasteiger partial charge in [-0.2, -0.15) is 8.85 Å². The molecule has 0 aromatic rings. The zero-order valence-electron chi connectivity index (χ0n) is 19.0. The molecule has 1 atom stereocenters. The average molecular weight is 510 g/mol. The molecule has 0 aliphatic rings. The molecule has 0 saturated carbocycles. The summed E-state index contributed by atoms with van der Waals surface area (Å²) in [5.74, 6) is 0. The molecule has 0 amide bonds. The summed E-state index contributed by atoms with van der Waals surface area (Å²) in [4.78, 5) is 0. The summed E-state index contributed by atoms with van der Waals surface area (Å²) in [6, 6.07) is 0. The van der Waals surface area contributed by atoms with Crippen molar-refractivity contribution in [2.24, 2.45) is 0 Å². The molecular formula is C22H45BrO4Si2+2. The van der Waals surface area contributed by atoms with Crippen LogP contribution in [0.15, 0.2) is 0 Å². The Bertz CT molecular complexity index is 302. The second-order valence-corrected chi connectivity index (χ2v) is 10.1. The van der Waals surface area contributed by atoms with Gasteiger partial charge in [0.25, 0.3) is 0 Å². The Morgan fingerprint density at radius 2 is 1.24 bits per heavy atom. The van der Waals surface area contributed by atoms with Crippen LogP contribution < -0.4 is 0 Å². The van der Waals surface area contributed by atoms with E-state index < -0.39 is 0 Å². The highest BCUT2D eigenvalue weighted by Crippen LogP contribution is 2.12. The third-order valence-corrected chi connectivity index (χ3v) is 6.71. The molecule has 0 fully saturated rings. The van der Waals surface area contributed by atoms with Crippen LogP contribution in [0, 0.1) is 0 Å². The van der Waals surface area contributed by atoms with Crippen molar-refractivity contribution in [3.8, 4) is 0 Å². The normalized spacial score (nSPS) is 12.2. The van der Waals surface area contributed by atoms with Crippen LogP contribution in [0.2, 0.25) is 0 Å². The Kier molecular flexibility index (Phi) is 27.5. The minimum atomic E-state index is -0.130. The number of rotatable bonds is 25. The van der Waals surface area contributed by atoms with E-state index in [9.17, 15) is 0 Å². The fourth-order valence-electron chi connectivity index (χ4n) is 2.98. The first-order valence-electron chi connectivity index (χ1n) is 12.0. The van der Waals surface area contributed by atoms with Crippen LogP contribution in [0.25, 0.3) is 0 Å². The third-order valence-electron chi connectivity index (χ3n) is 4.80. The number of unbranched alkanes of at least 4 members (excludes halogenated alkanes) is 12. The van der Waals surface area contributed by atoms with E-state index in [4.69, 9.17) is 17.7 Å². The molecule has 0 aliphatic carbocycles. The monoisotopic (exact) mass is 508 g/mol. The minimum absolute atomic E-state index is 0.00521. The van der Waals surface area contributed by atoms with Crippen molar-refractivity contribution in [3.63, 3.8) is 0 Å². The molecule has 0 rings (SSSR count). The summed E-state index contributed by atoms with van der Waals surface area (Å²) in [5, 5.41) is 1.09. The molecule has 4 nitrogen and oxygen atoms in total. The van der Waals surface area contributed by atoms with Crippen LogP contribution in [0.1, 0.15) is 117 Å². The van der Waals surface area contributed by atoms with Crippen molar-refractivity contribution in [2.75, 3.05) is 18.5 Å². The number of hydrogen-bond acceptors (Lipinski definition) is 4. The van der Waals surface area contributed by atoms with Gasteiger partial charge in [-0.25, -0.2) is 0 Å². The van der Waals surface area contributed by atoms with E-state index in [1.807, 2.05) is 0 Å². The molecule has 0 N–H and O–H groups in total. The van der Waals surface area contributed by atoms with E-state index in [1.165, 1.54) is 77.0 Å². The first-order chi connectivity index (χ1) is 14.3. The first-order valence-corrected chi connectivity index (χ1v) is 14.7. The summed E-state index contributed by atoms with van der Waals surface area (Å²) >= 11 is 3.48. The number of ether oxygens (including phenoxy) is 1. The van der Waals surface area contributed by atoms with Gasteiger partial charge in [-0.15, -0.1) is 0 Å². The number of hydrogen-bond donors (Lipinski definition) is 0. The Labute approximate surface area is 194 Å². The van der Waals surface area contributed by atoms with Crippen molar-refractivity contribution in [2.45, 2.75) is 123 Å². The lowest BCUT2D eigenvalue weighted by atomic mass is 10.1. The molecule has 0 aliphatic heterocycles. The molecule has 0 bridgehead atoms. The summed E-state index contributed by atoms with van der Waals surface area (Å²) in [5.41, 5.74) is 0. The maximum atomic E-state index is 5.98.